The molecule has 0 atom stereocenters. The van der Waals surface area contributed by atoms with E-state index in [9.17, 15) is 5.11 Å². The molecule has 19 heavy (non-hydrogen) atoms. The van der Waals surface area contributed by atoms with E-state index in [1.807, 2.05) is 31.2 Å². The van der Waals surface area contributed by atoms with Crippen LogP contribution >= 0.6 is 0 Å². The van der Waals surface area contributed by atoms with Crippen LogP contribution in [0.3, 0.4) is 0 Å². The fraction of sp³-hybridized carbons (Fsp3) is 0.467. The second kappa shape index (κ2) is 5.13. The van der Waals surface area contributed by atoms with Gasteiger partial charge in [-0.05, 0) is 39.8 Å². The molecule has 0 radical (unpaired) electrons. The number of aromatic nitrogens is 2. The molecule has 4 heteroatoms. The average molecular weight is 259 g/mol. The molecule has 1 aromatic heterocycles. The number of nitrogens with zero attached hydrogens (tertiary/aromatic N) is 3. The van der Waals surface area contributed by atoms with Crippen LogP contribution in [0.1, 0.15) is 26.5 Å². The zero-order valence-electron chi connectivity index (χ0n) is 12.0. The van der Waals surface area contributed by atoms with Gasteiger partial charge in [0, 0.05) is 13.1 Å². The van der Waals surface area contributed by atoms with Gasteiger partial charge in [-0.15, -0.1) is 0 Å². The van der Waals surface area contributed by atoms with Gasteiger partial charge in [0.2, 0.25) is 0 Å². The van der Waals surface area contributed by atoms with Gasteiger partial charge in [0.05, 0.1) is 22.3 Å². The molecule has 0 aliphatic rings. The van der Waals surface area contributed by atoms with Gasteiger partial charge in [-0.25, -0.2) is 9.97 Å². The van der Waals surface area contributed by atoms with Crippen LogP contribution in [-0.2, 0) is 0 Å². The van der Waals surface area contributed by atoms with Gasteiger partial charge in [0.25, 0.3) is 0 Å². The second-order valence-corrected chi connectivity index (χ2v) is 5.45. The first-order valence-corrected chi connectivity index (χ1v) is 6.61. The van der Waals surface area contributed by atoms with Crippen LogP contribution in [0.15, 0.2) is 24.3 Å². The Labute approximate surface area is 114 Å². The molecule has 2 aromatic rings. The number of fused-ring (bicyclic) bond motifs is 1. The van der Waals surface area contributed by atoms with Crippen molar-refractivity contribution in [3.05, 3.63) is 30.0 Å². The molecule has 4 nitrogen and oxygen atoms in total. The van der Waals surface area contributed by atoms with Crippen molar-refractivity contribution >= 4 is 16.9 Å². The van der Waals surface area contributed by atoms with Gasteiger partial charge in [0.1, 0.15) is 0 Å². The highest BCUT2D eigenvalue weighted by Crippen LogP contribution is 2.21. The Hall–Kier alpha value is -1.68. The van der Waals surface area contributed by atoms with E-state index in [1.54, 1.807) is 13.8 Å². The van der Waals surface area contributed by atoms with Gasteiger partial charge in [-0.2, -0.15) is 0 Å². The molecule has 0 saturated carbocycles. The second-order valence-electron chi connectivity index (χ2n) is 5.45. The normalized spacial score (nSPS) is 11.8. The lowest BCUT2D eigenvalue weighted by Gasteiger charge is -2.29. The monoisotopic (exact) mass is 259 g/mol. The van der Waals surface area contributed by atoms with Crippen LogP contribution in [0.4, 0.5) is 5.82 Å². The summed E-state index contributed by atoms with van der Waals surface area (Å²) >= 11 is 0. The number of benzene rings is 1. The molecule has 0 unspecified atom stereocenters. The van der Waals surface area contributed by atoms with Crippen LogP contribution in [0.5, 0.6) is 0 Å². The molecule has 102 valence electrons. The first-order valence-electron chi connectivity index (χ1n) is 6.61. The molecule has 2 rings (SSSR count). The van der Waals surface area contributed by atoms with Gasteiger partial charge >= 0.3 is 0 Å². The van der Waals surface area contributed by atoms with Crippen molar-refractivity contribution in [2.24, 2.45) is 0 Å². The molecule has 0 aliphatic carbocycles. The summed E-state index contributed by atoms with van der Waals surface area (Å²) in [5, 5.41) is 9.99. The van der Waals surface area contributed by atoms with E-state index < -0.39 is 5.60 Å². The number of aliphatic hydroxyl groups is 1. The first-order chi connectivity index (χ1) is 8.90. The van der Waals surface area contributed by atoms with Gasteiger partial charge in [-0.3, -0.25) is 0 Å². The zero-order valence-corrected chi connectivity index (χ0v) is 12.0. The van der Waals surface area contributed by atoms with E-state index in [0.29, 0.717) is 6.54 Å². The number of likely N-dealkylation sites (N-methyl/N-ethyl adjacent to an activating group) is 1. The number of rotatable bonds is 4. The maximum Gasteiger partial charge on any atom is 0.150 e. The Morgan fingerprint density at radius 2 is 1.74 bits per heavy atom. The zero-order chi connectivity index (χ0) is 14.0. The van der Waals surface area contributed by atoms with E-state index >= 15 is 0 Å². The molecule has 0 saturated heterocycles. The topological polar surface area (TPSA) is 49.2 Å². The molecule has 0 amide bonds. The lowest BCUT2D eigenvalue weighted by atomic mass is 10.1. The van der Waals surface area contributed by atoms with Crippen molar-refractivity contribution < 1.29 is 5.11 Å². The Morgan fingerprint density at radius 1 is 1.16 bits per heavy atom. The van der Waals surface area contributed by atoms with E-state index in [1.165, 1.54) is 0 Å². The maximum atomic E-state index is 9.99. The Balaban J connectivity index is 2.45. The summed E-state index contributed by atoms with van der Waals surface area (Å²) in [5.74, 6) is 0.850. The molecule has 0 fully saturated rings. The van der Waals surface area contributed by atoms with E-state index in [-0.39, 0.29) is 0 Å². The Kier molecular flexibility index (Phi) is 3.71. The number of para-hydroxylation sites is 2. The molecule has 0 aliphatic heterocycles. The summed E-state index contributed by atoms with van der Waals surface area (Å²) in [5.41, 5.74) is 1.93. The highest BCUT2D eigenvalue weighted by atomic mass is 16.3. The molecule has 0 bridgehead atoms. The Morgan fingerprint density at radius 3 is 2.26 bits per heavy atom. The minimum atomic E-state index is -0.754. The SMILES string of the molecule is CCN(CC(C)(C)O)c1nc2ccccc2nc1C. The van der Waals surface area contributed by atoms with Crippen LogP contribution < -0.4 is 4.90 Å². The quantitative estimate of drug-likeness (QED) is 0.916. The van der Waals surface area contributed by atoms with Crippen molar-refractivity contribution in [3.63, 3.8) is 0 Å². The predicted molar refractivity (Wildman–Crippen MR) is 78.5 cm³/mol. The van der Waals surface area contributed by atoms with E-state index in [0.717, 1.165) is 29.1 Å². The summed E-state index contributed by atoms with van der Waals surface area (Å²) in [6.07, 6.45) is 0. The lowest BCUT2D eigenvalue weighted by molar-refractivity contribution is 0.0874. The lowest BCUT2D eigenvalue weighted by Crippen LogP contribution is -2.39. The van der Waals surface area contributed by atoms with Crippen LogP contribution in [0, 0.1) is 6.92 Å². The third kappa shape index (κ3) is 3.20. The van der Waals surface area contributed by atoms with Crippen molar-refractivity contribution in [2.75, 3.05) is 18.0 Å². The molecular weight excluding hydrogens is 238 g/mol. The molecule has 0 spiro atoms. The van der Waals surface area contributed by atoms with Crippen LogP contribution in [-0.4, -0.2) is 33.8 Å². The number of hydrogen-bond acceptors (Lipinski definition) is 4. The standard InChI is InChI=1S/C15H21N3O/c1-5-18(10-15(3,4)19)14-11(2)16-12-8-6-7-9-13(12)17-14/h6-9,19H,5,10H2,1-4H3. The van der Waals surface area contributed by atoms with Crippen LogP contribution in [0.2, 0.25) is 0 Å². The summed E-state index contributed by atoms with van der Waals surface area (Å²) in [7, 11) is 0. The van der Waals surface area contributed by atoms with Crippen molar-refractivity contribution in [2.45, 2.75) is 33.3 Å². The van der Waals surface area contributed by atoms with Crippen molar-refractivity contribution in [1.82, 2.24) is 9.97 Å². The third-order valence-corrected chi connectivity index (χ3v) is 2.98. The molecule has 1 heterocycles. The number of aryl methyl sites for hydroxylation is 1. The highest BCUT2D eigenvalue weighted by molar-refractivity contribution is 5.76. The van der Waals surface area contributed by atoms with Crippen molar-refractivity contribution in [1.29, 1.82) is 0 Å². The average Bonchev–Trinajstić information content (AvgIpc) is 2.34. The fourth-order valence-electron chi connectivity index (χ4n) is 2.18. The minimum absolute atomic E-state index is 0.539. The summed E-state index contributed by atoms with van der Waals surface area (Å²) in [6, 6.07) is 7.85. The summed E-state index contributed by atoms with van der Waals surface area (Å²) in [6.45, 7) is 8.96. The van der Waals surface area contributed by atoms with E-state index in [2.05, 4.69) is 21.8 Å². The molecule has 1 aromatic carbocycles. The smallest absolute Gasteiger partial charge is 0.150 e. The summed E-state index contributed by atoms with van der Waals surface area (Å²) < 4.78 is 0. The number of hydrogen-bond donors (Lipinski definition) is 1. The fourth-order valence-corrected chi connectivity index (χ4v) is 2.18. The van der Waals surface area contributed by atoms with Gasteiger partial charge < -0.3 is 10.0 Å². The van der Waals surface area contributed by atoms with Crippen LogP contribution in [0.25, 0.3) is 11.0 Å². The van der Waals surface area contributed by atoms with E-state index in [4.69, 9.17) is 0 Å². The van der Waals surface area contributed by atoms with Gasteiger partial charge in [-0.1, -0.05) is 12.1 Å². The minimum Gasteiger partial charge on any atom is -0.389 e. The molecule has 1 N–H and O–H groups in total. The predicted octanol–water partition coefficient (Wildman–Crippen LogP) is 2.54. The summed E-state index contributed by atoms with van der Waals surface area (Å²) in [4.78, 5) is 11.3. The largest absolute Gasteiger partial charge is 0.389 e. The maximum absolute atomic E-state index is 9.99. The van der Waals surface area contributed by atoms with Gasteiger partial charge in [0.15, 0.2) is 5.82 Å². The van der Waals surface area contributed by atoms with Crippen molar-refractivity contribution in [3.8, 4) is 0 Å². The Bertz CT molecular complexity index is 575. The number of anilines is 1. The molecular formula is C15H21N3O. The highest BCUT2D eigenvalue weighted by Gasteiger charge is 2.20. The third-order valence-electron chi connectivity index (χ3n) is 2.98. The first kappa shape index (κ1) is 13.7.